The van der Waals surface area contributed by atoms with Crippen LogP contribution in [0.1, 0.15) is 11.1 Å². The quantitative estimate of drug-likeness (QED) is 0.455. The largest absolute Gasteiger partial charge is 0.493 e. The fraction of sp³-hybridized carbons (Fsp3) is 0.423. The van der Waals surface area contributed by atoms with E-state index in [2.05, 4.69) is 10.00 Å². The Labute approximate surface area is 210 Å². The Bertz CT molecular complexity index is 1110. The molecule has 1 fully saturated rings. The average molecular weight is 502 g/mol. The molecule has 0 amide bonds. The van der Waals surface area contributed by atoms with Gasteiger partial charge in [-0.15, -0.1) is 0 Å². The second kappa shape index (κ2) is 11.8. The summed E-state index contributed by atoms with van der Waals surface area (Å²) < 4.78 is 24.9. The molecular formula is C26H32ClN3O5. The van der Waals surface area contributed by atoms with Crippen molar-refractivity contribution in [3.63, 3.8) is 0 Å². The third kappa shape index (κ3) is 7.35. The van der Waals surface area contributed by atoms with Crippen LogP contribution in [-0.4, -0.2) is 72.0 Å². The van der Waals surface area contributed by atoms with Crippen molar-refractivity contribution in [1.82, 2.24) is 14.7 Å². The van der Waals surface area contributed by atoms with Gasteiger partial charge in [0.2, 0.25) is 0 Å². The predicted octanol–water partition coefficient (Wildman–Crippen LogP) is 3.57. The maximum Gasteiger partial charge on any atom is 0.161 e. The molecule has 1 atom stereocenters. The maximum atomic E-state index is 11.2. The van der Waals surface area contributed by atoms with Gasteiger partial charge in [-0.2, -0.15) is 5.10 Å². The molecule has 0 radical (unpaired) electrons. The van der Waals surface area contributed by atoms with Crippen molar-refractivity contribution in [3.05, 3.63) is 71.0 Å². The first-order valence-corrected chi connectivity index (χ1v) is 12.0. The molecule has 0 bridgehead atoms. The smallest absolute Gasteiger partial charge is 0.161 e. The molecule has 1 aromatic heterocycles. The predicted molar refractivity (Wildman–Crippen MR) is 133 cm³/mol. The summed E-state index contributed by atoms with van der Waals surface area (Å²) >= 11 is 6.04. The highest BCUT2D eigenvalue weighted by atomic mass is 35.5. The fourth-order valence-corrected chi connectivity index (χ4v) is 4.20. The monoisotopic (exact) mass is 501 g/mol. The van der Waals surface area contributed by atoms with Gasteiger partial charge in [0.05, 0.1) is 33.1 Å². The Morgan fingerprint density at radius 3 is 2.83 bits per heavy atom. The van der Waals surface area contributed by atoms with Gasteiger partial charge in [0.25, 0.3) is 0 Å². The molecule has 1 N–H and O–H groups in total. The highest BCUT2D eigenvalue weighted by Crippen LogP contribution is 2.29. The first-order chi connectivity index (χ1) is 16.9. The summed E-state index contributed by atoms with van der Waals surface area (Å²) in [5, 5.41) is 16.1. The highest BCUT2D eigenvalue weighted by Gasteiger charge is 2.33. The Hall–Kier alpha value is -2.78. The van der Waals surface area contributed by atoms with Crippen LogP contribution in [0.2, 0.25) is 5.02 Å². The van der Waals surface area contributed by atoms with Crippen LogP contribution in [0, 0.1) is 6.92 Å². The van der Waals surface area contributed by atoms with E-state index in [1.807, 2.05) is 54.3 Å². The number of rotatable bonds is 10. The Kier molecular flexibility index (Phi) is 8.51. The average Bonchev–Trinajstić information content (AvgIpc) is 3.16. The molecule has 35 heavy (non-hydrogen) atoms. The normalized spacial score (nSPS) is 18.7. The van der Waals surface area contributed by atoms with E-state index in [1.54, 1.807) is 19.2 Å². The molecule has 1 saturated heterocycles. The zero-order valence-corrected chi connectivity index (χ0v) is 20.9. The van der Waals surface area contributed by atoms with E-state index >= 15 is 0 Å². The van der Waals surface area contributed by atoms with E-state index in [0.717, 1.165) is 11.1 Å². The number of aryl methyl sites for hydroxylation is 1. The fourth-order valence-electron chi connectivity index (χ4n) is 4.02. The lowest BCUT2D eigenvalue weighted by Crippen LogP contribution is -2.48. The number of hydrogen-bond acceptors (Lipinski definition) is 7. The van der Waals surface area contributed by atoms with Crippen LogP contribution in [0.5, 0.6) is 17.2 Å². The second-order valence-electron chi connectivity index (χ2n) is 8.85. The van der Waals surface area contributed by atoms with Crippen molar-refractivity contribution in [2.45, 2.75) is 25.6 Å². The highest BCUT2D eigenvalue weighted by molar-refractivity contribution is 6.30. The summed E-state index contributed by atoms with van der Waals surface area (Å²) in [4.78, 5) is 2.16. The van der Waals surface area contributed by atoms with Crippen molar-refractivity contribution < 1.29 is 24.1 Å². The first kappa shape index (κ1) is 25.3. The van der Waals surface area contributed by atoms with Gasteiger partial charge < -0.3 is 24.1 Å². The van der Waals surface area contributed by atoms with E-state index in [0.29, 0.717) is 61.7 Å². The number of benzene rings is 2. The van der Waals surface area contributed by atoms with Gasteiger partial charge in [-0.1, -0.05) is 23.7 Å². The van der Waals surface area contributed by atoms with Crippen molar-refractivity contribution in [1.29, 1.82) is 0 Å². The summed E-state index contributed by atoms with van der Waals surface area (Å²) in [5.74, 6) is 1.97. The number of aromatic nitrogens is 2. The van der Waals surface area contributed by atoms with Crippen LogP contribution in [0.15, 0.2) is 54.9 Å². The second-order valence-corrected chi connectivity index (χ2v) is 9.28. The molecule has 0 unspecified atom stereocenters. The first-order valence-electron chi connectivity index (χ1n) is 11.6. The molecule has 8 nitrogen and oxygen atoms in total. The van der Waals surface area contributed by atoms with E-state index in [1.165, 1.54) is 0 Å². The number of ether oxygens (including phenoxy) is 4. The lowest BCUT2D eigenvalue weighted by Gasteiger charge is -2.30. The van der Waals surface area contributed by atoms with E-state index in [-0.39, 0.29) is 13.2 Å². The lowest BCUT2D eigenvalue weighted by molar-refractivity contribution is -0.0646. The lowest BCUT2D eigenvalue weighted by atomic mass is 10.1. The Morgan fingerprint density at radius 1 is 1.17 bits per heavy atom. The van der Waals surface area contributed by atoms with Crippen LogP contribution >= 0.6 is 11.6 Å². The maximum absolute atomic E-state index is 11.2. The molecule has 188 valence electrons. The van der Waals surface area contributed by atoms with Crippen LogP contribution in [0.25, 0.3) is 0 Å². The number of halogens is 1. The molecule has 1 aliphatic rings. The molecule has 4 rings (SSSR count). The molecule has 9 heteroatoms. The summed E-state index contributed by atoms with van der Waals surface area (Å²) in [6.45, 7) is 5.69. The molecule has 0 aliphatic carbocycles. The molecule has 0 spiro atoms. The number of β-amino-alcohol motifs (C(OH)–C–C–N with tert-alkyl or cyclic N) is 1. The summed E-state index contributed by atoms with van der Waals surface area (Å²) in [7, 11) is 1.63. The number of aliphatic hydroxyl groups is 1. The standard InChI is InChI=1S/C26H32ClN3O5/c1-20-14-28-30(15-20)9-11-34-25-12-21(6-7-24(25)32-2)16-29-8-10-33-18-26(31,17-29)19-35-23-5-3-4-22(27)13-23/h3-7,12-15,31H,8-11,16-19H2,1-2H3/t26-/m1/s1. The van der Waals surface area contributed by atoms with Crippen LogP contribution in [0.4, 0.5) is 0 Å². The topological polar surface area (TPSA) is 78.2 Å². The molecule has 0 saturated carbocycles. The number of nitrogens with zero attached hydrogens (tertiary/aromatic N) is 3. The Morgan fingerprint density at radius 2 is 2.06 bits per heavy atom. The van der Waals surface area contributed by atoms with Crippen LogP contribution in [0.3, 0.4) is 0 Å². The van der Waals surface area contributed by atoms with Gasteiger partial charge in [0.1, 0.15) is 24.6 Å². The van der Waals surface area contributed by atoms with E-state index < -0.39 is 5.60 Å². The third-order valence-electron chi connectivity index (χ3n) is 5.72. The minimum Gasteiger partial charge on any atom is -0.493 e. The molecule has 2 aromatic carbocycles. The zero-order chi connectivity index (χ0) is 24.7. The molecule has 3 aromatic rings. The Balaban J connectivity index is 1.37. The molecule has 1 aliphatic heterocycles. The minimum atomic E-state index is -1.15. The van der Waals surface area contributed by atoms with Crippen molar-refractivity contribution in [3.8, 4) is 17.2 Å². The summed E-state index contributed by atoms with van der Waals surface area (Å²) in [6.07, 6.45) is 3.81. The van der Waals surface area contributed by atoms with Gasteiger partial charge in [-0.3, -0.25) is 9.58 Å². The van der Waals surface area contributed by atoms with Gasteiger partial charge in [0.15, 0.2) is 11.5 Å². The van der Waals surface area contributed by atoms with Crippen LogP contribution in [-0.2, 0) is 17.8 Å². The SMILES string of the molecule is COc1ccc(CN2CCOC[C@@](O)(COc3cccc(Cl)c3)C2)cc1OCCn1cc(C)cn1. The van der Waals surface area contributed by atoms with Gasteiger partial charge in [0, 0.05) is 30.9 Å². The minimum absolute atomic E-state index is 0.105. The van der Waals surface area contributed by atoms with Gasteiger partial charge >= 0.3 is 0 Å². The van der Waals surface area contributed by atoms with Crippen molar-refractivity contribution >= 4 is 11.6 Å². The van der Waals surface area contributed by atoms with Crippen molar-refractivity contribution in [2.75, 3.05) is 46.6 Å². The molecular weight excluding hydrogens is 470 g/mol. The third-order valence-corrected chi connectivity index (χ3v) is 5.95. The van der Waals surface area contributed by atoms with Crippen LogP contribution < -0.4 is 14.2 Å². The van der Waals surface area contributed by atoms with E-state index in [9.17, 15) is 5.11 Å². The number of hydrogen-bond donors (Lipinski definition) is 1. The van der Waals surface area contributed by atoms with Crippen molar-refractivity contribution in [2.24, 2.45) is 0 Å². The van der Waals surface area contributed by atoms with E-state index in [4.69, 9.17) is 30.5 Å². The molecule has 2 heterocycles. The zero-order valence-electron chi connectivity index (χ0n) is 20.2. The number of methoxy groups -OCH3 is 1. The summed E-state index contributed by atoms with van der Waals surface area (Å²) in [6, 6.07) is 13.0. The van der Waals surface area contributed by atoms with Gasteiger partial charge in [-0.05, 0) is 48.4 Å². The van der Waals surface area contributed by atoms with Gasteiger partial charge in [-0.25, -0.2) is 0 Å². The summed E-state index contributed by atoms with van der Waals surface area (Å²) in [5.41, 5.74) is 1.02.